The summed E-state index contributed by atoms with van der Waals surface area (Å²) in [5.74, 6) is 0.804. The zero-order valence-corrected chi connectivity index (χ0v) is 12.1. The van der Waals surface area contributed by atoms with Crippen molar-refractivity contribution < 1.29 is 9.84 Å². The maximum Gasteiger partial charge on any atom is 0.131 e. The fourth-order valence-electron chi connectivity index (χ4n) is 1.76. The summed E-state index contributed by atoms with van der Waals surface area (Å²) in [6.07, 6.45) is 1.30. The Hall–Kier alpha value is -1.39. The van der Waals surface area contributed by atoms with Crippen LogP contribution in [0.1, 0.15) is 42.6 Å². The second kappa shape index (κ2) is 6.68. The van der Waals surface area contributed by atoms with Crippen molar-refractivity contribution >= 4 is 11.3 Å². The lowest BCUT2D eigenvalue weighted by Crippen LogP contribution is -1.98. The van der Waals surface area contributed by atoms with Gasteiger partial charge < -0.3 is 9.84 Å². The fourth-order valence-corrected chi connectivity index (χ4v) is 2.49. The molecule has 4 heteroatoms. The Bertz CT molecular complexity index is 507. The standard InChI is InChI=1S/C15H19NO2S/c1-3-14(17)11-5-7-13(8-6-11)18-9-12-10-19-15(4-2)16-12/h5-8,10,14,17H,3-4,9H2,1-2H3/t14-/m0/s1. The predicted octanol–water partition coefficient (Wildman–Crippen LogP) is 3.73. The van der Waals surface area contributed by atoms with Crippen LogP contribution >= 0.6 is 11.3 Å². The van der Waals surface area contributed by atoms with Gasteiger partial charge in [0.2, 0.25) is 0 Å². The smallest absolute Gasteiger partial charge is 0.131 e. The van der Waals surface area contributed by atoms with E-state index >= 15 is 0 Å². The van der Waals surface area contributed by atoms with Gasteiger partial charge in [0.1, 0.15) is 12.4 Å². The van der Waals surface area contributed by atoms with Gasteiger partial charge >= 0.3 is 0 Å². The second-order valence-corrected chi connectivity index (χ2v) is 5.31. The summed E-state index contributed by atoms with van der Waals surface area (Å²) >= 11 is 1.67. The molecule has 3 nitrogen and oxygen atoms in total. The van der Waals surface area contributed by atoms with Crippen molar-refractivity contribution in [2.75, 3.05) is 0 Å². The summed E-state index contributed by atoms with van der Waals surface area (Å²) in [6.45, 7) is 4.55. The molecule has 2 aromatic rings. The van der Waals surface area contributed by atoms with Gasteiger partial charge in [-0.3, -0.25) is 0 Å². The number of aliphatic hydroxyl groups excluding tert-OH is 1. The molecular weight excluding hydrogens is 258 g/mol. The number of hydrogen-bond donors (Lipinski definition) is 1. The third-order valence-electron chi connectivity index (χ3n) is 2.94. The van der Waals surface area contributed by atoms with Crippen molar-refractivity contribution in [1.29, 1.82) is 0 Å². The number of hydrogen-bond acceptors (Lipinski definition) is 4. The van der Waals surface area contributed by atoms with Gasteiger partial charge in [-0.1, -0.05) is 26.0 Å². The number of benzene rings is 1. The van der Waals surface area contributed by atoms with Crippen molar-refractivity contribution in [3.63, 3.8) is 0 Å². The van der Waals surface area contributed by atoms with Crippen LogP contribution in [0.15, 0.2) is 29.6 Å². The Morgan fingerprint density at radius 3 is 2.58 bits per heavy atom. The molecule has 0 radical (unpaired) electrons. The molecule has 0 unspecified atom stereocenters. The van der Waals surface area contributed by atoms with Gasteiger partial charge in [0, 0.05) is 5.38 Å². The van der Waals surface area contributed by atoms with Gasteiger partial charge in [-0.15, -0.1) is 11.3 Å². The van der Waals surface area contributed by atoms with E-state index in [-0.39, 0.29) is 6.10 Å². The molecule has 0 amide bonds. The molecule has 0 fully saturated rings. The molecule has 19 heavy (non-hydrogen) atoms. The molecule has 1 aromatic carbocycles. The van der Waals surface area contributed by atoms with Gasteiger partial charge in [0.15, 0.2) is 0 Å². The van der Waals surface area contributed by atoms with E-state index in [9.17, 15) is 5.11 Å². The van der Waals surface area contributed by atoms with Crippen molar-refractivity contribution in [2.45, 2.75) is 39.4 Å². The van der Waals surface area contributed by atoms with Gasteiger partial charge in [-0.25, -0.2) is 4.98 Å². The lowest BCUT2D eigenvalue weighted by Gasteiger charge is -2.09. The van der Waals surface area contributed by atoms with Crippen molar-refractivity contribution in [3.05, 3.63) is 45.9 Å². The Labute approximate surface area is 117 Å². The molecule has 1 atom stereocenters. The van der Waals surface area contributed by atoms with Crippen LogP contribution in [0.4, 0.5) is 0 Å². The summed E-state index contributed by atoms with van der Waals surface area (Å²) < 4.78 is 5.68. The minimum atomic E-state index is -0.389. The van der Waals surface area contributed by atoms with Crippen LogP contribution in [0.5, 0.6) is 5.75 Å². The van der Waals surface area contributed by atoms with Crippen LogP contribution in [0.3, 0.4) is 0 Å². The molecule has 0 saturated carbocycles. The first-order valence-electron chi connectivity index (χ1n) is 6.57. The second-order valence-electron chi connectivity index (χ2n) is 4.37. The van der Waals surface area contributed by atoms with Gasteiger partial charge in [-0.2, -0.15) is 0 Å². The maximum atomic E-state index is 9.71. The van der Waals surface area contributed by atoms with Crippen LogP contribution in [0, 0.1) is 0 Å². The summed E-state index contributed by atoms with van der Waals surface area (Å²) in [5.41, 5.74) is 1.90. The summed E-state index contributed by atoms with van der Waals surface area (Å²) in [5, 5.41) is 12.9. The molecule has 0 saturated heterocycles. The van der Waals surface area contributed by atoms with Gasteiger partial charge in [0.05, 0.1) is 16.8 Å². The zero-order valence-electron chi connectivity index (χ0n) is 11.3. The number of nitrogens with zero attached hydrogens (tertiary/aromatic N) is 1. The zero-order chi connectivity index (χ0) is 13.7. The highest BCUT2D eigenvalue weighted by Gasteiger charge is 2.05. The first-order chi connectivity index (χ1) is 9.22. The number of aliphatic hydroxyl groups is 1. The van der Waals surface area contributed by atoms with E-state index in [0.717, 1.165) is 34.9 Å². The quantitative estimate of drug-likeness (QED) is 0.875. The average Bonchev–Trinajstić information content (AvgIpc) is 2.93. The summed E-state index contributed by atoms with van der Waals surface area (Å²) in [6, 6.07) is 7.59. The average molecular weight is 277 g/mol. The van der Waals surface area contributed by atoms with Crippen molar-refractivity contribution in [1.82, 2.24) is 4.98 Å². The minimum Gasteiger partial charge on any atom is -0.487 e. The highest BCUT2D eigenvalue weighted by molar-refractivity contribution is 7.09. The Morgan fingerprint density at radius 1 is 1.26 bits per heavy atom. The Kier molecular flexibility index (Phi) is 4.93. The number of aromatic nitrogens is 1. The molecule has 0 aliphatic carbocycles. The molecule has 1 aromatic heterocycles. The molecule has 1 N–H and O–H groups in total. The Balaban J connectivity index is 1.92. The lowest BCUT2D eigenvalue weighted by atomic mass is 10.1. The number of ether oxygens (including phenoxy) is 1. The Morgan fingerprint density at radius 2 is 2.00 bits per heavy atom. The maximum absolute atomic E-state index is 9.71. The topological polar surface area (TPSA) is 42.4 Å². The van der Waals surface area contributed by atoms with Crippen LogP contribution in [0.25, 0.3) is 0 Å². The van der Waals surface area contributed by atoms with E-state index in [1.165, 1.54) is 0 Å². The van der Waals surface area contributed by atoms with Crippen LogP contribution < -0.4 is 4.74 Å². The molecule has 102 valence electrons. The van der Waals surface area contributed by atoms with Crippen LogP contribution in [-0.2, 0) is 13.0 Å². The molecule has 2 rings (SSSR count). The van der Waals surface area contributed by atoms with E-state index in [1.54, 1.807) is 11.3 Å². The SMILES string of the molecule is CCc1nc(COc2ccc([C@@H](O)CC)cc2)cs1. The first kappa shape index (κ1) is 14.0. The van der Waals surface area contributed by atoms with Gasteiger partial charge in [-0.05, 0) is 30.5 Å². The predicted molar refractivity (Wildman–Crippen MR) is 77.5 cm³/mol. The number of rotatable bonds is 6. The molecule has 1 heterocycles. The number of aryl methyl sites for hydroxylation is 1. The third-order valence-corrected chi connectivity index (χ3v) is 3.98. The minimum absolute atomic E-state index is 0.389. The van der Waals surface area contributed by atoms with Crippen LogP contribution in [-0.4, -0.2) is 10.1 Å². The summed E-state index contributed by atoms with van der Waals surface area (Å²) in [4.78, 5) is 4.46. The third kappa shape index (κ3) is 3.78. The lowest BCUT2D eigenvalue weighted by molar-refractivity contribution is 0.173. The van der Waals surface area contributed by atoms with E-state index < -0.39 is 0 Å². The van der Waals surface area contributed by atoms with E-state index in [0.29, 0.717) is 6.61 Å². The first-order valence-corrected chi connectivity index (χ1v) is 7.45. The van der Waals surface area contributed by atoms with E-state index in [1.807, 2.05) is 36.6 Å². The highest BCUT2D eigenvalue weighted by Crippen LogP contribution is 2.20. The normalized spacial score (nSPS) is 12.4. The molecule has 0 aliphatic heterocycles. The van der Waals surface area contributed by atoms with Crippen molar-refractivity contribution in [2.24, 2.45) is 0 Å². The molecular formula is C15H19NO2S. The van der Waals surface area contributed by atoms with E-state index in [2.05, 4.69) is 11.9 Å². The largest absolute Gasteiger partial charge is 0.487 e. The number of thiazole rings is 1. The van der Waals surface area contributed by atoms with Crippen molar-refractivity contribution in [3.8, 4) is 5.75 Å². The fraction of sp³-hybridized carbons (Fsp3) is 0.400. The van der Waals surface area contributed by atoms with Crippen LogP contribution in [0.2, 0.25) is 0 Å². The molecule has 0 bridgehead atoms. The van der Waals surface area contributed by atoms with E-state index in [4.69, 9.17) is 4.74 Å². The van der Waals surface area contributed by atoms with Gasteiger partial charge in [0.25, 0.3) is 0 Å². The molecule has 0 aliphatic rings. The molecule has 0 spiro atoms. The monoisotopic (exact) mass is 277 g/mol. The summed E-state index contributed by atoms with van der Waals surface area (Å²) in [7, 11) is 0. The highest BCUT2D eigenvalue weighted by atomic mass is 32.1.